The first-order chi connectivity index (χ1) is 7.27. The molecule has 0 radical (unpaired) electrons. The number of hydrogen-bond acceptors (Lipinski definition) is 2. The number of benzene rings is 1. The predicted molar refractivity (Wildman–Crippen MR) is 71.7 cm³/mol. The molecular formula is C12H16BrNS. The highest BCUT2D eigenvalue weighted by Gasteiger charge is 2.37. The Kier molecular flexibility index (Phi) is 3.75. The zero-order chi connectivity index (χ0) is 10.7. The van der Waals surface area contributed by atoms with Crippen molar-refractivity contribution in [2.24, 2.45) is 0 Å². The number of hydrogen-bond donors (Lipinski definition) is 1. The van der Waals surface area contributed by atoms with Gasteiger partial charge in [-0.1, -0.05) is 28.1 Å². The summed E-state index contributed by atoms with van der Waals surface area (Å²) in [5.74, 6) is 1.25. The molecule has 15 heavy (non-hydrogen) atoms. The highest BCUT2D eigenvalue weighted by molar-refractivity contribution is 9.10. The summed E-state index contributed by atoms with van der Waals surface area (Å²) in [6.45, 7) is 2.27. The van der Waals surface area contributed by atoms with Crippen molar-refractivity contribution in [3.8, 4) is 0 Å². The van der Waals surface area contributed by atoms with Crippen molar-refractivity contribution < 1.29 is 0 Å². The van der Waals surface area contributed by atoms with E-state index in [1.54, 1.807) is 0 Å². The molecule has 0 atom stereocenters. The Morgan fingerprint density at radius 3 is 2.47 bits per heavy atom. The quantitative estimate of drug-likeness (QED) is 0.913. The molecule has 0 spiro atoms. The fraction of sp³-hybridized carbons (Fsp3) is 0.500. The molecule has 0 saturated carbocycles. The van der Waals surface area contributed by atoms with Crippen LogP contribution in [0.1, 0.15) is 12.0 Å². The monoisotopic (exact) mass is 285 g/mol. The summed E-state index contributed by atoms with van der Waals surface area (Å²) >= 11 is 5.42. The first-order valence-corrected chi connectivity index (χ1v) is 7.41. The van der Waals surface area contributed by atoms with Crippen LogP contribution < -0.4 is 5.32 Å². The minimum atomic E-state index is 0.406. The van der Waals surface area contributed by atoms with Gasteiger partial charge in [-0.15, -0.1) is 0 Å². The van der Waals surface area contributed by atoms with Crippen LogP contribution >= 0.6 is 27.7 Å². The van der Waals surface area contributed by atoms with Gasteiger partial charge in [-0.3, -0.25) is 0 Å². The molecule has 2 rings (SSSR count). The molecule has 82 valence electrons. The lowest BCUT2D eigenvalue weighted by atomic mass is 9.73. The van der Waals surface area contributed by atoms with Gasteiger partial charge >= 0.3 is 0 Å². The van der Waals surface area contributed by atoms with E-state index in [4.69, 9.17) is 0 Å². The van der Waals surface area contributed by atoms with Crippen LogP contribution in [0.2, 0.25) is 0 Å². The fourth-order valence-electron chi connectivity index (χ4n) is 2.05. The molecule has 3 heteroatoms. The average molecular weight is 286 g/mol. The van der Waals surface area contributed by atoms with Crippen LogP contribution in [0.5, 0.6) is 0 Å². The van der Waals surface area contributed by atoms with Gasteiger partial charge < -0.3 is 5.32 Å². The standard InChI is InChI=1S/C12H16BrNS/c1-15-7-6-12(8-14-9-12)10-2-4-11(13)5-3-10/h2-5,14H,6-9H2,1H3. The van der Waals surface area contributed by atoms with Crippen molar-refractivity contribution in [1.29, 1.82) is 0 Å². The molecule has 0 unspecified atom stereocenters. The van der Waals surface area contributed by atoms with E-state index in [9.17, 15) is 0 Å². The number of thioether (sulfide) groups is 1. The molecule has 1 saturated heterocycles. The maximum absolute atomic E-state index is 3.49. The molecule has 0 aliphatic carbocycles. The Bertz CT molecular complexity index is 319. The second kappa shape index (κ2) is 4.89. The average Bonchev–Trinajstić information content (AvgIpc) is 2.19. The molecule has 0 bridgehead atoms. The minimum absolute atomic E-state index is 0.406. The van der Waals surface area contributed by atoms with Gasteiger partial charge in [-0.2, -0.15) is 11.8 Å². The van der Waals surface area contributed by atoms with E-state index in [1.165, 1.54) is 22.2 Å². The third-order valence-corrected chi connectivity index (χ3v) is 4.31. The molecule has 1 aliphatic rings. The summed E-state index contributed by atoms with van der Waals surface area (Å²) in [6.07, 6.45) is 3.46. The van der Waals surface area contributed by atoms with Gasteiger partial charge in [-0.25, -0.2) is 0 Å². The molecule has 1 N–H and O–H groups in total. The van der Waals surface area contributed by atoms with Gasteiger partial charge in [0.05, 0.1) is 0 Å². The molecule has 0 aromatic heterocycles. The zero-order valence-electron chi connectivity index (χ0n) is 8.92. The van der Waals surface area contributed by atoms with E-state index in [1.807, 2.05) is 11.8 Å². The Morgan fingerprint density at radius 1 is 1.33 bits per heavy atom. The Labute approximate surface area is 104 Å². The Balaban J connectivity index is 2.14. The van der Waals surface area contributed by atoms with Crippen LogP contribution in [0.4, 0.5) is 0 Å². The normalized spacial score (nSPS) is 18.5. The van der Waals surface area contributed by atoms with Crippen molar-refractivity contribution in [2.75, 3.05) is 25.1 Å². The lowest BCUT2D eigenvalue weighted by molar-refractivity contribution is 0.269. The summed E-state index contributed by atoms with van der Waals surface area (Å²) in [5, 5.41) is 3.40. The predicted octanol–water partition coefficient (Wildman–Crippen LogP) is 3.04. The molecule has 1 aromatic carbocycles. The van der Waals surface area contributed by atoms with Crippen molar-refractivity contribution in [3.05, 3.63) is 34.3 Å². The van der Waals surface area contributed by atoms with Gasteiger partial charge in [0.1, 0.15) is 0 Å². The second-order valence-corrected chi connectivity index (χ2v) is 6.03. The van der Waals surface area contributed by atoms with E-state index < -0.39 is 0 Å². The molecule has 1 heterocycles. The van der Waals surface area contributed by atoms with E-state index >= 15 is 0 Å². The smallest absolute Gasteiger partial charge is 0.0210 e. The van der Waals surface area contributed by atoms with Crippen molar-refractivity contribution >= 4 is 27.7 Å². The maximum atomic E-state index is 3.49. The molecular weight excluding hydrogens is 270 g/mol. The van der Waals surface area contributed by atoms with E-state index in [0.29, 0.717) is 5.41 Å². The molecule has 1 fully saturated rings. The van der Waals surface area contributed by atoms with Gasteiger partial charge in [0.2, 0.25) is 0 Å². The van der Waals surface area contributed by atoms with Crippen LogP contribution in [0.3, 0.4) is 0 Å². The first-order valence-electron chi connectivity index (χ1n) is 5.23. The van der Waals surface area contributed by atoms with Gasteiger partial charge in [0.15, 0.2) is 0 Å². The molecule has 1 nitrogen and oxygen atoms in total. The van der Waals surface area contributed by atoms with Crippen LogP contribution in [-0.4, -0.2) is 25.1 Å². The topological polar surface area (TPSA) is 12.0 Å². The number of rotatable bonds is 4. The lowest BCUT2D eigenvalue weighted by Gasteiger charge is -2.43. The molecule has 0 amide bonds. The van der Waals surface area contributed by atoms with Crippen LogP contribution in [0.25, 0.3) is 0 Å². The number of nitrogens with one attached hydrogen (secondary N) is 1. The summed E-state index contributed by atoms with van der Waals surface area (Å²) < 4.78 is 1.17. The van der Waals surface area contributed by atoms with Crippen LogP contribution in [-0.2, 0) is 5.41 Å². The van der Waals surface area contributed by atoms with Crippen molar-refractivity contribution in [2.45, 2.75) is 11.8 Å². The van der Waals surface area contributed by atoms with E-state index in [-0.39, 0.29) is 0 Å². The van der Waals surface area contributed by atoms with Gasteiger partial charge in [-0.05, 0) is 36.1 Å². The highest BCUT2D eigenvalue weighted by Crippen LogP contribution is 2.33. The summed E-state index contributed by atoms with van der Waals surface area (Å²) in [5.41, 5.74) is 1.89. The van der Waals surface area contributed by atoms with E-state index in [0.717, 1.165) is 13.1 Å². The van der Waals surface area contributed by atoms with Gasteiger partial charge in [0.25, 0.3) is 0 Å². The highest BCUT2D eigenvalue weighted by atomic mass is 79.9. The summed E-state index contributed by atoms with van der Waals surface area (Å²) in [4.78, 5) is 0. The largest absolute Gasteiger partial charge is 0.315 e. The Morgan fingerprint density at radius 2 is 2.00 bits per heavy atom. The Hall–Kier alpha value is 0.01000. The minimum Gasteiger partial charge on any atom is -0.315 e. The third-order valence-electron chi connectivity index (χ3n) is 3.17. The van der Waals surface area contributed by atoms with Crippen LogP contribution in [0.15, 0.2) is 28.7 Å². The van der Waals surface area contributed by atoms with Gasteiger partial charge in [0, 0.05) is 23.0 Å². The summed E-state index contributed by atoms with van der Waals surface area (Å²) in [6, 6.07) is 8.81. The first kappa shape index (κ1) is 11.5. The molecule has 1 aromatic rings. The van der Waals surface area contributed by atoms with E-state index in [2.05, 4.69) is 51.8 Å². The third kappa shape index (κ3) is 2.40. The maximum Gasteiger partial charge on any atom is 0.0210 e. The van der Waals surface area contributed by atoms with Crippen LogP contribution in [0, 0.1) is 0 Å². The lowest BCUT2D eigenvalue weighted by Crippen LogP contribution is -2.57. The number of halogens is 1. The second-order valence-electron chi connectivity index (χ2n) is 4.13. The molecule has 1 aliphatic heterocycles. The van der Waals surface area contributed by atoms with Crippen molar-refractivity contribution in [3.63, 3.8) is 0 Å². The zero-order valence-corrected chi connectivity index (χ0v) is 11.3. The fourth-order valence-corrected chi connectivity index (χ4v) is 2.91. The summed E-state index contributed by atoms with van der Waals surface area (Å²) in [7, 11) is 0. The van der Waals surface area contributed by atoms with Crippen molar-refractivity contribution in [1.82, 2.24) is 5.32 Å². The SMILES string of the molecule is CSCCC1(c2ccc(Br)cc2)CNC1.